The first kappa shape index (κ1) is 14.0. The lowest BCUT2D eigenvalue weighted by Crippen LogP contribution is -1.95. The van der Waals surface area contributed by atoms with E-state index in [1.54, 1.807) is 31.2 Å². The normalized spacial score (nSPS) is 10.1. The number of pyridine rings is 1. The lowest BCUT2D eigenvalue weighted by Gasteiger charge is -2.07. The third-order valence-corrected chi connectivity index (χ3v) is 3.79. The molecule has 0 unspecified atom stereocenters. The van der Waals surface area contributed by atoms with Gasteiger partial charge in [-0.25, -0.2) is 0 Å². The molecule has 0 amide bonds. The Morgan fingerprint density at radius 2 is 2.00 bits per heavy atom. The minimum absolute atomic E-state index is 0.0357. The first-order chi connectivity index (χ1) is 9.52. The van der Waals surface area contributed by atoms with E-state index < -0.39 is 4.92 Å². The van der Waals surface area contributed by atoms with Crippen molar-refractivity contribution in [1.82, 2.24) is 4.98 Å². The highest BCUT2D eigenvalue weighted by Gasteiger charge is 2.16. The Morgan fingerprint density at radius 3 is 2.65 bits per heavy atom. The predicted octanol–water partition coefficient (Wildman–Crippen LogP) is 3.63. The fraction of sp³-hybridized carbons (Fsp3) is 0.143. The molecule has 1 heterocycles. The van der Waals surface area contributed by atoms with Crippen molar-refractivity contribution in [3.05, 3.63) is 57.4 Å². The van der Waals surface area contributed by atoms with Crippen molar-refractivity contribution in [2.24, 2.45) is 0 Å². The summed E-state index contributed by atoms with van der Waals surface area (Å²) in [6, 6.07) is 10.4. The lowest BCUT2D eigenvalue weighted by molar-refractivity contribution is -0.387. The Morgan fingerprint density at radius 1 is 1.30 bits per heavy atom. The zero-order chi connectivity index (χ0) is 14.7. The maximum Gasteiger partial charge on any atom is 0.283 e. The first-order valence-corrected chi connectivity index (χ1v) is 6.64. The Labute approximate surface area is 120 Å². The first-order valence-electron chi connectivity index (χ1n) is 5.82. The van der Waals surface area contributed by atoms with Gasteiger partial charge in [-0.1, -0.05) is 23.9 Å². The monoisotopic (exact) mass is 285 g/mol. The second kappa shape index (κ2) is 5.72. The second-order valence-electron chi connectivity index (χ2n) is 4.16. The Bertz CT molecular complexity index is 723. The van der Waals surface area contributed by atoms with Gasteiger partial charge in [-0.05, 0) is 26.0 Å². The van der Waals surface area contributed by atoms with Crippen LogP contribution < -0.4 is 0 Å². The molecule has 20 heavy (non-hydrogen) atoms. The van der Waals surface area contributed by atoms with Gasteiger partial charge in [-0.15, -0.1) is 0 Å². The number of hydrogen-bond donors (Lipinski definition) is 0. The maximum atomic E-state index is 11.0. The van der Waals surface area contributed by atoms with Crippen LogP contribution in [0.15, 0.2) is 40.1 Å². The largest absolute Gasteiger partial charge is 0.283 e. The molecule has 0 spiro atoms. The van der Waals surface area contributed by atoms with Crippen LogP contribution in [0.3, 0.4) is 0 Å². The molecule has 0 saturated heterocycles. The van der Waals surface area contributed by atoms with Crippen LogP contribution in [0.1, 0.15) is 17.0 Å². The average molecular weight is 285 g/mol. The Hall–Kier alpha value is -2.39. The van der Waals surface area contributed by atoms with E-state index in [2.05, 4.69) is 11.1 Å². The molecular formula is C14H11N3O2S. The van der Waals surface area contributed by atoms with E-state index in [1.165, 1.54) is 17.8 Å². The summed E-state index contributed by atoms with van der Waals surface area (Å²) < 4.78 is 0. The van der Waals surface area contributed by atoms with Crippen LogP contribution in [0.5, 0.6) is 0 Å². The number of nitriles is 1. The lowest BCUT2D eigenvalue weighted by atomic mass is 10.2. The van der Waals surface area contributed by atoms with Crippen molar-refractivity contribution in [2.75, 3.05) is 0 Å². The fourth-order valence-electron chi connectivity index (χ4n) is 1.82. The number of hydrogen-bond acceptors (Lipinski definition) is 5. The zero-order valence-corrected chi connectivity index (χ0v) is 11.8. The molecule has 0 N–H and O–H groups in total. The number of nitrogens with zero attached hydrogens (tertiary/aromatic N) is 3. The molecule has 2 rings (SSSR count). The van der Waals surface area contributed by atoms with Gasteiger partial charge in [-0.3, -0.25) is 15.1 Å². The fourth-order valence-corrected chi connectivity index (χ4v) is 2.98. The third-order valence-electron chi connectivity index (χ3n) is 2.69. The van der Waals surface area contributed by atoms with Crippen molar-refractivity contribution < 1.29 is 4.92 Å². The molecule has 6 heteroatoms. The molecule has 2 aromatic rings. The van der Waals surface area contributed by atoms with E-state index in [1.807, 2.05) is 6.92 Å². The number of nitro benzene ring substituents is 1. The topological polar surface area (TPSA) is 79.8 Å². The van der Waals surface area contributed by atoms with Crippen LogP contribution in [0, 0.1) is 35.3 Å². The van der Waals surface area contributed by atoms with E-state index in [4.69, 9.17) is 0 Å². The van der Waals surface area contributed by atoms with Gasteiger partial charge in [0.15, 0.2) is 0 Å². The molecule has 0 fully saturated rings. The minimum atomic E-state index is -0.421. The minimum Gasteiger partial charge on any atom is -0.258 e. The highest BCUT2D eigenvalue weighted by Crippen LogP contribution is 2.36. The molecule has 0 aliphatic rings. The molecule has 0 saturated carbocycles. The van der Waals surface area contributed by atoms with E-state index in [0.29, 0.717) is 21.0 Å². The Balaban J connectivity index is 2.51. The van der Waals surface area contributed by atoms with E-state index >= 15 is 0 Å². The number of para-hydroxylation sites is 1. The van der Waals surface area contributed by atoms with Gasteiger partial charge < -0.3 is 0 Å². The highest BCUT2D eigenvalue weighted by molar-refractivity contribution is 7.99. The number of rotatable bonds is 3. The summed E-state index contributed by atoms with van der Waals surface area (Å²) in [5.41, 5.74) is 1.91. The smallest absolute Gasteiger partial charge is 0.258 e. The molecule has 0 atom stereocenters. The van der Waals surface area contributed by atoms with E-state index in [-0.39, 0.29) is 5.69 Å². The Kier molecular flexibility index (Phi) is 4.01. The molecule has 0 bridgehead atoms. The molecule has 100 valence electrons. The van der Waals surface area contributed by atoms with Crippen LogP contribution in [0.4, 0.5) is 5.69 Å². The van der Waals surface area contributed by atoms with Crippen LogP contribution in [0.2, 0.25) is 0 Å². The van der Waals surface area contributed by atoms with Gasteiger partial charge in [0.2, 0.25) is 0 Å². The summed E-state index contributed by atoms with van der Waals surface area (Å²) in [4.78, 5) is 16.0. The van der Waals surface area contributed by atoms with Crippen molar-refractivity contribution in [3.63, 3.8) is 0 Å². The summed E-state index contributed by atoms with van der Waals surface area (Å²) in [6.07, 6.45) is 0. The predicted molar refractivity (Wildman–Crippen MR) is 75.6 cm³/mol. The van der Waals surface area contributed by atoms with Crippen LogP contribution >= 0.6 is 11.8 Å². The maximum absolute atomic E-state index is 11.0. The van der Waals surface area contributed by atoms with Gasteiger partial charge in [0, 0.05) is 16.7 Å². The van der Waals surface area contributed by atoms with Crippen LogP contribution in [-0.2, 0) is 0 Å². The zero-order valence-electron chi connectivity index (χ0n) is 11.0. The third kappa shape index (κ3) is 2.78. The van der Waals surface area contributed by atoms with E-state index in [9.17, 15) is 15.4 Å². The number of benzene rings is 1. The standard InChI is InChI=1S/C14H11N3O2S/c1-9-7-14(11(8-15)10(2)16-9)20-13-6-4-3-5-12(13)17(18)19/h3-7H,1-2H3. The SMILES string of the molecule is Cc1cc(Sc2ccccc2[N+](=O)[O-])c(C#N)c(C)n1. The summed E-state index contributed by atoms with van der Waals surface area (Å²) >= 11 is 1.22. The summed E-state index contributed by atoms with van der Waals surface area (Å²) in [5.74, 6) is 0. The van der Waals surface area contributed by atoms with Crippen LogP contribution in [0.25, 0.3) is 0 Å². The molecule has 1 aromatic heterocycles. The summed E-state index contributed by atoms with van der Waals surface area (Å²) in [7, 11) is 0. The van der Waals surface area contributed by atoms with Crippen molar-refractivity contribution in [2.45, 2.75) is 23.6 Å². The molecule has 0 aliphatic heterocycles. The summed E-state index contributed by atoms with van der Waals surface area (Å²) in [6.45, 7) is 3.59. The second-order valence-corrected chi connectivity index (χ2v) is 5.24. The van der Waals surface area contributed by atoms with Gasteiger partial charge in [-0.2, -0.15) is 5.26 Å². The number of aromatic nitrogens is 1. The van der Waals surface area contributed by atoms with Crippen molar-refractivity contribution in [3.8, 4) is 6.07 Å². The van der Waals surface area contributed by atoms with Crippen molar-refractivity contribution in [1.29, 1.82) is 5.26 Å². The van der Waals surface area contributed by atoms with Gasteiger partial charge in [0.25, 0.3) is 5.69 Å². The number of nitro groups is 1. The quantitative estimate of drug-likeness (QED) is 0.635. The molecule has 1 aromatic carbocycles. The molecule has 0 radical (unpaired) electrons. The van der Waals surface area contributed by atoms with Gasteiger partial charge in [0.05, 0.1) is 21.1 Å². The van der Waals surface area contributed by atoms with Crippen LogP contribution in [-0.4, -0.2) is 9.91 Å². The highest BCUT2D eigenvalue weighted by atomic mass is 32.2. The van der Waals surface area contributed by atoms with Gasteiger partial charge in [0.1, 0.15) is 6.07 Å². The molecular weight excluding hydrogens is 274 g/mol. The van der Waals surface area contributed by atoms with E-state index in [0.717, 1.165) is 5.69 Å². The number of aryl methyl sites for hydroxylation is 2. The average Bonchev–Trinajstić information content (AvgIpc) is 2.38. The van der Waals surface area contributed by atoms with Gasteiger partial charge >= 0.3 is 0 Å². The molecule has 0 aliphatic carbocycles. The molecule has 5 nitrogen and oxygen atoms in total. The van der Waals surface area contributed by atoms with Crippen molar-refractivity contribution >= 4 is 17.4 Å². The summed E-state index contributed by atoms with van der Waals surface area (Å²) in [5, 5.41) is 20.2.